The largest absolute Gasteiger partial charge is 0.453 e. The van der Waals surface area contributed by atoms with Gasteiger partial charge in [-0.3, -0.25) is 14.8 Å². The highest BCUT2D eigenvalue weighted by Gasteiger charge is 2.15. The Morgan fingerprint density at radius 3 is 2.51 bits per heavy atom. The van der Waals surface area contributed by atoms with Gasteiger partial charge >= 0.3 is 0 Å². The van der Waals surface area contributed by atoms with Crippen LogP contribution in [0.1, 0.15) is 11.1 Å². The van der Waals surface area contributed by atoms with Crippen LogP contribution in [0.4, 0.5) is 14.5 Å². The van der Waals surface area contributed by atoms with Crippen molar-refractivity contribution in [1.29, 1.82) is 0 Å². The lowest BCUT2D eigenvalue weighted by Crippen LogP contribution is -2.35. The monoisotopic (exact) mass is 620 g/mol. The number of benzene rings is 2. The summed E-state index contributed by atoms with van der Waals surface area (Å²) < 4.78 is 45.3. The number of ether oxygens (including phenoxy) is 3. The fourth-order valence-corrected chi connectivity index (χ4v) is 5.28. The van der Waals surface area contributed by atoms with Crippen LogP contribution in [-0.4, -0.2) is 41.3 Å². The minimum Gasteiger partial charge on any atom is -0.453 e. The van der Waals surface area contributed by atoms with Crippen molar-refractivity contribution < 1.29 is 27.8 Å². The van der Waals surface area contributed by atoms with Gasteiger partial charge in [0.05, 0.1) is 47.0 Å². The number of halogens is 2. The van der Waals surface area contributed by atoms with E-state index < -0.39 is 5.82 Å². The predicted octanol–water partition coefficient (Wildman–Crippen LogP) is 6.65. The second-order valence-corrected chi connectivity index (χ2v) is 10.7. The second-order valence-electron chi connectivity index (χ2n) is 9.28. The standard InChI is InChI=1S/C31H26F2N4O4S2/c1-39-12-13-40-18-20-4-8-24(35-17-20)28-16-25-30(43-28)27(10-11-34-25)41-26-9-7-22(15-23(26)33)36-31(42)37-29(38)14-19-2-5-21(32)6-3-19/h2-11,15-17H,12-14,18H2,1H3,(H2,36,37,38,42). The third-order valence-corrected chi connectivity index (χ3v) is 7.46. The molecule has 0 atom stereocenters. The number of aromatic nitrogens is 2. The van der Waals surface area contributed by atoms with E-state index >= 15 is 4.39 Å². The third kappa shape index (κ3) is 8.14. The molecule has 0 spiro atoms. The molecule has 3 aromatic heterocycles. The van der Waals surface area contributed by atoms with Gasteiger partial charge in [0.15, 0.2) is 16.7 Å². The van der Waals surface area contributed by atoms with E-state index in [1.807, 2.05) is 18.2 Å². The average molecular weight is 621 g/mol. The van der Waals surface area contributed by atoms with Gasteiger partial charge < -0.3 is 24.8 Å². The van der Waals surface area contributed by atoms with Crippen molar-refractivity contribution in [2.75, 3.05) is 25.6 Å². The number of nitrogens with one attached hydrogen (secondary N) is 2. The number of amides is 1. The number of rotatable bonds is 11. The van der Waals surface area contributed by atoms with E-state index in [4.69, 9.17) is 26.4 Å². The summed E-state index contributed by atoms with van der Waals surface area (Å²) in [4.78, 5) is 22.1. The summed E-state index contributed by atoms with van der Waals surface area (Å²) in [5.74, 6) is -0.941. The van der Waals surface area contributed by atoms with Gasteiger partial charge in [0.25, 0.3) is 0 Å². The Morgan fingerprint density at radius 2 is 1.77 bits per heavy atom. The molecular formula is C31H26F2N4O4S2. The second kappa shape index (κ2) is 14.2. The van der Waals surface area contributed by atoms with E-state index in [1.54, 1.807) is 31.6 Å². The molecule has 0 unspecified atom stereocenters. The molecule has 0 aliphatic heterocycles. The Hall–Kier alpha value is -4.36. The molecule has 0 aliphatic rings. The van der Waals surface area contributed by atoms with Gasteiger partial charge in [-0.2, -0.15) is 0 Å². The molecule has 1 amide bonds. The predicted molar refractivity (Wildman–Crippen MR) is 165 cm³/mol. The van der Waals surface area contributed by atoms with E-state index in [9.17, 15) is 9.18 Å². The highest BCUT2D eigenvalue weighted by Crippen LogP contribution is 2.39. The van der Waals surface area contributed by atoms with Crippen LogP contribution < -0.4 is 15.4 Å². The molecule has 3 heterocycles. The van der Waals surface area contributed by atoms with E-state index in [2.05, 4.69) is 20.6 Å². The normalized spacial score (nSPS) is 11.0. The minimum atomic E-state index is -0.628. The number of hydrogen-bond donors (Lipinski definition) is 2. The molecular weight excluding hydrogens is 594 g/mol. The molecule has 0 fully saturated rings. The lowest BCUT2D eigenvalue weighted by Gasteiger charge is -2.12. The van der Waals surface area contributed by atoms with Crippen LogP contribution in [0.3, 0.4) is 0 Å². The van der Waals surface area contributed by atoms with Gasteiger partial charge in [0.1, 0.15) is 11.6 Å². The number of carbonyl (C=O) groups excluding carboxylic acids is 1. The molecule has 0 aliphatic carbocycles. The molecule has 5 rings (SSSR count). The summed E-state index contributed by atoms with van der Waals surface area (Å²) in [6.07, 6.45) is 3.38. The van der Waals surface area contributed by atoms with Crippen LogP contribution in [-0.2, 0) is 27.3 Å². The fraction of sp³-hybridized carbons (Fsp3) is 0.161. The molecule has 0 saturated heterocycles. The molecule has 2 aromatic carbocycles. The van der Waals surface area contributed by atoms with Crippen molar-refractivity contribution >= 4 is 50.5 Å². The van der Waals surface area contributed by atoms with Gasteiger partial charge in [0.2, 0.25) is 5.91 Å². The first-order valence-electron chi connectivity index (χ1n) is 13.1. The smallest absolute Gasteiger partial charge is 0.230 e. The van der Waals surface area contributed by atoms with Crippen LogP contribution in [0.25, 0.3) is 20.8 Å². The summed E-state index contributed by atoms with van der Waals surface area (Å²) in [5.41, 5.74) is 3.38. The van der Waals surface area contributed by atoms with E-state index in [0.29, 0.717) is 42.3 Å². The highest BCUT2D eigenvalue weighted by atomic mass is 32.1. The molecule has 0 saturated carbocycles. The zero-order valence-corrected chi connectivity index (χ0v) is 24.6. The van der Waals surface area contributed by atoms with Crippen LogP contribution in [0.5, 0.6) is 11.5 Å². The van der Waals surface area contributed by atoms with Crippen LogP contribution >= 0.6 is 23.6 Å². The SMILES string of the molecule is COCCOCc1ccc(-c2cc3nccc(Oc4ccc(NC(=S)NC(=O)Cc5ccc(F)cc5)cc4F)c3s2)nc1. The lowest BCUT2D eigenvalue weighted by atomic mass is 10.1. The number of anilines is 1. The van der Waals surface area contributed by atoms with E-state index in [0.717, 1.165) is 20.8 Å². The molecule has 8 nitrogen and oxygen atoms in total. The Kier molecular flexibility index (Phi) is 9.95. The van der Waals surface area contributed by atoms with E-state index in [1.165, 1.54) is 47.7 Å². The van der Waals surface area contributed by atoms with Crippen molar-refractivity contribution in [2.24, 2.45) is 0 Å². The van der Waals surface area contributed by atoms with Gasteiger partial charge in [-0.15, -0.1) is 11.3 Å². The van der Waals surface area contributed by atoms with Crippen molar-refractivity contribution in [3.63, 3.8) is 0 Å². The van der Waals surface area contributed by atoms with Crippen molar-refractivity contribution in [2.45, 2.75) is 13.0 Å². The molecule has 220 valence electrons. The Bertz CT molecular complexity index is 1730. The first-order valence-corrected chi connectivity index (χ1v) is 14.3. The fourth-order valence-electron chi connectivity index (χ4n) is 4.01. The van der Waals surface area contributed by atoms with Crippen molar-refractivity contribution in [3.05, 3.63) is 102 Å². The molecule has 2 N–H and O–H groups in total. The average Bonchev–Trinajstić information content (AvgIpc) is 3.44. The summed E-state index contributed by atoms with van der Waals surface area (Å²) in [6.45, 7) is 1.49. The Balaban J connectivity index is 1.22. The number of thiocarbonyl (C=S) groups is 1. The number of hydrogen-bond acceptors (Lipinski definition) is 8. The topological polar surface area (TPSA) is 94.6 Å². The van der Waals surface area contributed by atoms with Crippen LogP contribution in [0, 0.1) is 11.6 Å². The summed E-state index contributed by atoms with van der Waals surface area (Å²) in [6, 6.07) is 17.3. The number of nitrogens with zero attached hydrogens (tertiary/aromatic N) is 2. The first kappa shape index (κ1) is 30.1. The quantitative estimate of drug-likeness (QED) is 0.125. The number of carbonyl (C=O) groups is 1. The number of methoxy groups -OCH3 is 1. The number of pyridine rings is 2. The third-order valence-electron chi connectivity index (χ3n) is 6.09. The maximum Gasteiger partial charge on any atom is 0.230 e. The Labute approximate surface area is 255 Å². The summed E-state index contributed by atoms with van der Waals surface area (Å²) in [7, 11) is 1.63. The van der Waals surface area contributed by atoms with Crippen molar-refractivity contribution in [1.82, 2.24) is 15.3 Å². The maximum atomic E-state index is 15.0. The van der Waals surface area contributed by atoms with Gasteiger partial charge in [0, 0.05) is 37.3 Å². The number of fused-ring (bicyclic) bond motifs is 1. The molecule has 12 heteroatoms. The zero-order chi connectivity index (χ0) is 30.2. The first-order chi connectivity index (χ1) is 20.9. The molecule has 0 bridgehead atoms. The van der Waals surface area contributed by atoms with Gasteiger partial charge in [-0.05, 0) is 59.7 Å². The van der Waals surface area contributed by atoms with Crippen LogP contribution in [0.15, 0.2) is 79.1 Å². The van der Waals surface area contributed by atoms with Gasteiger partial charge in [-0.1, -0.05) is 18.2 Å². The molecule has 43 heavy (non-hydrogen) atoms. The van der Waals surface area contributed by atoms with Crippen LogP contribution in [0.2, 0.25) is 0 Å². The summed E-state index contributed by atoms with van der Waals surface area (Å²) in [5, 5.41) is 5.32. The minimum absolute atomic E-state index is 0.00222. The zero-order valence-electron chi connectivity index (χ0n) is 22.9. The molecule has 0 radical (unpaired) electrons. The lowest BCUT2D eigenvalue weighted by molar-refractivity contribution is -0.119. The highest BCUT2D eigenvalue weighted by molar-refractivity contribution is 7.80. The summed E-state index contributed by atoms with van der Waals surface area (Å²) >= 11 is 6.63. The maximum absolute atomic E-state index is 15.0. The van der Waals surface area contributed by atoms with E-state index in [-0.39, 0.29) is 29.0 Å². The Morgan fingerprint density at radius 1 is 0.953 bits per heavy atom. The molecule has 5 aromatic rings. The van der Waals surface area contributed by atoms with Gasteiger partial charge in [-0.25, -0.2) is 8.78 Å². The van der Waals surface area contributed by atoms with Crippen molar-refractivity contribution in [3.8, 4) is 22.1 Å². The number of thiophene rings is 1.